The van der Waals surface area contributed by atoms with Gasteiger partial charge in [0.15, 0.2) is 5.60 Å². The number of rotatable bonds is 9. The highest BCUT2D eigenvalue weighted by Gasteiger charge is 2.43. The third-order valence-electron chi connectivity index (χ3n) is 7.62. The Morgan fingerprint density at radius 3 is 2.20 bits per heavy atom. The molecule has 41 heavy (non-hydrogen) atoms. The van der Waals surface area contributed by atoms with Crippen LogP contribution in [0.5, 0.6) is 5.75 Å². The second kappa shape index (κ2) is 11.6. The maximum atomic E-state index is 13.4. The number of aromatic nitrogens is 1. The summed E-state index contributed by atoms with van der Waals surface area (Å²) in [6, 6.07) is 7.09. The highest BCUT2D eigenvalue weighted by molar-refractivity contribution is 6.36. The van der Waals surface area contributed by atoms with E-state index in [1.165, 1.54) is 6.07 Å². The van der Waals surface area contributed by atoms with Gasteiger partial charge in [-0.25, -0.2) is 4.98 Å². The smallest absolute Gasteiger partial charge is 0.263 e. The Bertz CT molecular complexity index is 1270. The van der Waals surface area contributed by atoms with E-state index in [4.69, 9.17) is 27.9 Å². The molecule has 1 aromatic carbocycles. The van der Waals surface area contributed by atoms with Crippen LogP contribution in [0.1, 0.15) is 83.1 Å². The van der Waals surface area contributed by atoms with Crippen LogP contribution in [0.15, 0.2) is 30.5 Å². The maximum absolute atomic E-state index is 13.4. The van der Waals surface area contributed by atoms with Gasteiger partial charge < -0.3 is 30.5 Å². The number of halogens is 2. The van der Waals surface area contributed by atoms with E-state index in [1.54, 1.807) is 59.9 Å². The fourth-order valence-corrected chi connectivity index (χ4v) is 6.15. The van der Waals surface area contributed by atoms with E-state index in [9.17, 15) is 19.8 Å². The fraction of sp³-hybridized carbons (Fsp3) is 0.567. The Balaban J connectivity index is 1.38. The molecule has 2 bridgehead atoms. The van der Waals surface area contributed by atoms with Gasteiger partial charge in [-0.3, -0.25) is 9.59 Å². The monoisotopic (exact) mass is 606 g/mol. The number of aliphatic hydroxyl groups is 2. The van der Waals surface area contributed by atoms with Crippen LogP contribution in [-0.4, -0.2) is 62.9 Å². The van der Waals surface area contributed by atoms with Crippen molar-refractivity contribution < 1.29 is 24.5 Å². The molecule has 224 valence electrons. The number of carbonyl (C=O) groups excluding carboxylic acids is 2. The summed E-state index contributed by atoms with van der Waals surface area (Å²) in [4.78, 5) is 32.6. The van der Waals surface area contributed by atoms with E-state index in [2.05, 4.69) is 20.5 Å². The molecule has 4 rings (SSSR count). The van der Waals surface area contributed by atoms with Crippen molar-refractivity contribution in [1.29, 1.82) is 0 Å². The number of ether oxygens (including phenoxy) is 1. The predicted molar refractivity (Wildman–Crippen MR) is 160 cm³/mol. The average Bonchev–Trinajstić information content (AvgIpc) is 3.13. The molecule has 0 radical (unpaired) electrons. The summed E-state index contributed by atoms with van der Waals surface area (Å²) in [7, 11) is 0. The van der Waals surface area contributed by atoms with Gasteiger partial charge in [0.2, 0.25) is 0 Å². The number of pyridine rings is 1. The number of piperidine rings is 1. The van der Waals surface area contributed by atoms with E-state index in [1.807, 2.05) is 6.07 Å². The molecular formula is C30H40Cl2N4O5. The standard InChI is InChI=1S/C30H40Cl2N4O5/c1-28(2,39)16-34-26(37)17-7-10-25(33-15-17)36-19-8-9-20(36)12-18(11-19)35-27(38)30(5,6)41-24-13-21(29(3,4)40)22(31)14-23(24)32/h7,10,13-15,18-20,39-40H,8-9,11-12,16H2,1-6H3,(H,34,37)(H,35,38)/t18-,19+,20-. The second-order valence-corrected chi connectivity index (χ2v) is 13.6. The molecule has 2 amide bonds. The van der Waals surface area contributed by atoms with E-state index in [0.29, 0.717) is 16.1 Å². The molecule has 2 aliphatic heterocycles. The Morgan fingerprint density at radius 2 is 1.66 bits per heavy atom. The van der Waals surface area contributed by atoms with Crippen molar-refractivity contribution in [3.8, 4) is 5.75 Å². The quantitative estimate of drug-likeness (QED) is 0.329. The van der Waals surface area contributed by atoms with Crippen LogP contribution in [0.2, 0.25) is 10.0 Å². The van der Waals surface area contributed by atoms with Crippen LogP contribution in [0.3, 0.4) is 0 Å². The van der Waals surface area contributed by atoms with Crippen LogP contribution >= 0.6 is 23.2 Å². The molecule has 0 saturated carbocycles. The molecule has 1 aromatic heterocycles. The third-order valence-corrected chi connectivity index (χ3v) is 8.23. The summed E-state index contributed by atoms with van der Waals surface area (Å²) < 4.78 is 6.07. The van der Waals surface area contributed by atoms with Crippen molar-refractivity contribution in [1.82, 2.24) is 15.6 Å². The van der Waals surface area contributed by atoms with Gasteiger partial charge in [0.25, 0.3) is 11.8 Å². The summed E-state index contributed by atoms with van der Waals surface area (Å²) >= 11 is 12.6. The minimum absolute atomic E-state index is 0.0290. The molecule has 0 aliphatic carbocycles. The number of anilines is 1. The molecule has 4 N–H and O–H groups in total. The third kappa shape index (κ3) is 7.44. The molecule has 11 heteroatoms. The lowest BCUT2D eigenvalue weighted by molar-refractivity contribution is -0.135. The number of nitrogens with zero attached hydrogens (tertiary/aromatic N) is 2. The summed E-state index contributed by atoms with van der Waals surface area (Å²) in [5.74, 6) is 0.541. The lowest BCUT2D eigenvalue weighted by atomic mass is 9.96. The van der Waals surface area contributed by atoms with Crippen molar-refractivity contribution >= 4 is 40.8 Å². The average molecular weight is 608 g/mol. The number of carbonyl (C=O) groups is 2. The van der Waals surface area contributed by atoms with Crippen LogP contribution in [0.4, 0.5) is 5.82 Å². The summed E-state index contributed by atoms with van der Waals surface area (Å²) in [5, 5.41) is 26.8. The highest BCUT2D eigenvalue weighted by atomic mass is 35.5. The maximum Gasteiger partial charge on any atom is 0.263 e. The number of benzene rings is 1. The minimum atomic E-state index is -1.23. The van der Waals surface area contributed by atoms with Crippen molar-refractivity contribution in [2.75, 3.05) is 11.4 Å². The first-order valence-corrected chi connectivity index (χ1v) is 14.7. The van der Waals surface area contributed by atoms with Gasteiger partial charge in [0, 0.05) is 41.5 Å². The molecule has 0 unspecified atom stereocenters. The summed E-state index contributed by atoms with van der Waals surface area (Å²) in [6.45, 7) is 10.0. The Kier molecular flexibility index (Phi) is 8.86. The molecular weight excluding hydrogens is 567 g/mol. The second-order valence-electron chi connectivity index (χ2n) is 12.8. The first-order valence-electron chi connectivity index (χ1n) is 13.9. The lowest BCUT2D eigenvalue weighted by Gasteiger charge is -2.41. The molecule has 3 atom stereocenters. The van der Waals surface area contributed by atoms with Gasteiger partial charge in [0.1, 0.15) is 11.6 Å². The summed E-state index contributed by atoms with van der Waals surface area (Å²) in [6.07, 6.45) is 5.07. The van der Waals surface area contributed by atoms with Crippen LogP contribution in [0, 0.1) is 0 Å². The number of amides is 2. The molecule has 2 saturated heterocycles. The van der Waals surface area contributed by atoms with E-state index >= 15 is 0 Å². The van der Waals surface area contributed by atoms with E-state index in [-0.39, 0.29) is 47.3 Å². The van der Waals surface area contributed by atoms with Crippen LogP contribution in [-0.2, 0) is 10.4 Å². The Hall–Kier alpha value is -2.59. The van der Waals surface area contributed by atoms with Gasteiger partial charge in [-0.05, 0) is 91.5 Å². The van der Waals surface area contributed by atoms with Crippen LogP contribution < -0.4 is 20.3 Å². The molecule has 3 heterocycles. The normalized spacial score (nSPS) is 21.0. The first-order chi connectivity index (χ1) is 18.9. The lowest BCUT2D eigenvalue weighted by Crippen LogP contribution is -2.55. The van der Waals surface area contributed by atoms with Gasteiger partial charge in [-0.2, -0.15) is 0 Å². The zero-order valence-electron chi connectivity index (χ0n) is 24.4. The molecule has 2 aromatic rings. The Labute approximate surface area is 251 Å². The van der Waals surface area contributed by atoms with Gasteiger partial charge in [-0.15, -0.1) is 0 Å². The summed E-state index contributed by atoms with van der Waals surface area (Å²) in [5.41, 5.74) is -2.54. The van der Waals surface area contributed by atoms with Crippen molar-refractivity contribution in [2.45, 2.75) is 102 Å². The van der Waals surface area contributed by atoms with Crippen molar-refractivity contribution in [3.63, 3.8) is 0 Å². The number of hydrogen-bond donors (Lipinski definition) is 4. The first kappa shape index (κ1) is 31.3. The molecule has 2 aliphatic rings. The van der Waals surface area contributed by atoms with Crippen molar-refractivity contribution in [2.24, 2.45) is 0 Å². The molecule has 9 nitrogen and oxygen atoms in total. The number of nitrogens with one attached hydrogen (secondary N) is 2. The van der Waals surface area contributed by atoms with Gasteiger partial charge >= 0.3 is 0 Å². The van der Waals surface area contributed by atoms with Gasteiger partial charge in [-0.1, -0.05) is 23.2 Å². The van der Waals surface area contributed by atoms with E-state index in [0.717, 1.165) is 31.5 Å². The zero-order chi connectivity index (χ0) is 30.3. The van der Waals surface area contributed by atoms with Crippen LogP contribution in [0.25, 0.3) is 0 Å². The molecule has 2 fully saturated rings. The topological polar surface area (TPSA) is 124 Å². The minimum Gasteiger partial charge on any atom is -0.476 e. The predicted octanol–water partition coefficient (Wildman–Crippen LogP) is 4.59. The number of hydrogen-bond acceptors (Lipinski definition) is 7. The highest BCUT2D eigenvalue weighted by Crippen LogP contribution is 2.40. The van der Waals surface area contributed by atoms with Gasteiger partial charge in [0.05, 0.1) is 21.8 Å². The van der Waals surface area contributed by atoms with E-state index < -0.39 is 16.8 Å². The molecule has 0 spiro atoms. The largest absolute Gasteiger partial charge is 0.476 e. The zero-order valence-corrected chi connectivity index (χ0v) is 25.9. The van der Waals surface area contributed by atoms with Crippen molar-refractivity contribution in [3.05, 3.63) is 51.6 Å². The number of fused-ring (bicyclic) bond motifs is 2. The fourth-order valence-electron chi connectivity index (χ4n) is 5.50. The SMILES string of the molecule is CC(C)(O)CNC(=O)c1ccc(N2[C@@H]3CC[C@H]2C[C@@H](NC(=O)C(C)(C)Oc2cc(C(C)(C)O)c(Cl)cc2Cl)C3)nc1. The Morgan fingerprint density at radius 1 is 1.02 bits per heavy atom.